The van der Waals surface area contributed by atoms with Crippen LogP contribution in [-0.4, -0.2) is 29.8 Å². The number of aryl methyl sites for hydroxylation is 1. The van der Waals surface area contributed by atoms with Crippen molar-refractivity contribution < 1.29 is 12.6 Å². The van der Waals surface area contributed by atoms with E-state index in [-0.39, 0.29) is 23.5 Å². The molecule has 0 bridgehead atoms. The van der Waals surface area contributed by atoms with Crippen LogP contribution in [0.3, 0.4) is 0 Å². The zero-order valence-corrected chi connectivity index (χ0v) is 16.6. The van der Waals surface area contributed by atoms with Crippen LogP contribution in [0.4, 0.5) is 0 Å². The fraction of sp³-hybridized carbons (Fsp3) is 0.429. The number of rotatable bonds is 6. The van der Waals surface area contributed by atoms with Crippen molar-refractivity contribution in [3.63, 3.8) is 0 Å². The SMILES string of the molecule is Cc1ccc(S(=O)(=O)OCC2CC(n3nc(C4CC4)c4cccnc43)C2)cc1. The highest BCUT2D eigenvalue weighted by molar-refractivity contribution is 7.86. The van der Waals surface area contributed by atoms with Gasteiger partial charge in [0, 0.05) is 17.5 Å². The lowest BCUT2D eigenvalue weighted by atomic mass is 9.81. The lowest BCUT2D eigenvalue weighted by Crippen LogP contribution is -2.31. The lowest BCUT2D eigenvalue weighted by molar-refractivity contribution is 0.123. The Morgan fingerprint density at radius 3 is 2.61 bits per heavy atom. The molecule has 1 aromatic carbocycles. The van der Waals surface area contributed by atoms with Gasteiger partial charge in [0.1, 0.15) is 0 Å². The van der Waals surface area contributed by atoms with E-state index < -0.39 is 10.1 Å². The van der Waals surface area contributed by atoms with Gasteiger partial charge in [0.15, 0.2) is 5.65 Å². The molecule has 0 N–H and O–H groups in total. The summed E-state index contributed by atoms with van der Waals surface area (Å²) in [6, 6.07) is 11.1. The van der Waals surface area contributed by atoms with E-state index in [0.717, 1.165) is 29.4 Å². The fourth-order valence-corrected chi connectivity index (χ4v) is 4.88. The molecular weight excluding hydrogens is 374 g/mol. The Bertz CT molecular complexity index is 1110. The Labute approximate surface area is 164 Å². The van der Waals surface area contributed by atoms with E-state index in [9.17, 15) is 8.42 Å². The van der Waals surface area contributed by atoms with Crippen molar-refractivity contribution in [2.24, 2.45) is 5.92 Å². The molecule has 6 nitrogen and oxygen atoms in total. The molecule has 5 rings (SSSR count). The largest absolute Gasteiger partial charge is 0.296 e. The molecule has 2 aliphatic carbocycles. The molecule has 0 radical (unpaired) electrons. The van der Waals surface area contributed by atoms with Gasteiger partial charge in [-0.05, 0) is 62.8 Å². The van der Waals surface area contributed by atoms with Crippen molar-refractivity contribution in [3.8, 4) is 0 Å². The summed E-state index contributed by atoms with van der Waals surface area (Å²) in [5, 5.41) is 6.03. The molecule has 2 saturated carbocycles. The molecule has 0 unspecified atom stereocenters. The predicted molar refractivity (Wildman–Crippen MR) is 106 cm³/mol. The van der Waals surface area contributed by atoms with Gasteiger partial charge in [-0.25, -0.2) is 9.67 Å². The van der Waals surface area contributed by atoms with Crippen LogP contribution in [0.2, 0.25) is 0 Å². The van der Waals surface area contributed by atoms with E-state index in [1.54, 1.807) is 24.3 Å². The van der Waals surface area contributed by atoms with Crippen LogP contribution in [-0.2, 0) is 14.3 Å². The highest BCUT2D eigenvalue weighted by Crippen LogP contribution is 2.45. The van der Waals surface area contributed by atoms with Gasteiger partial charge >= 0.3 is 0 Å². The van der Waals surface area contributed by atoms with Gasteiger partial charge in [-0.15, -0.1) is 0 Å². The van der Waals surface area contributed by atoms with Crippen LogP contribution in [0.15, 0.2) is 47.5 Å². The van der Waals surface area contributed by atoms with Gasteiger partial charge in [0.25, 0.3) is 10.1 Å². The molecule has 146 valence electrons. The fourth-order valence-electron chi connectivity index (χ4n) is 3.90. The summed E-state index contributed by atoms with van der Waals surface area (Å²) in [6.07, 6.45) is 5.95. The van der Waals surface area contributed by atoms with Crippen molar-refractivity contribution in [2.75, 3.05) is 6.61 Å². The maximum atomic E-state index is 12.3. The van der Waals surface area contributed by atoms with Crippen molar-refractivity contribution in [2.45, 2.75) is 49.5 Å². The highest BCUT2D eigenvalue weighted by atomic mass is 32.2. The first-order chi connectivity index (χ1) is 13.5. The van der Waals surface area contributed by atoms with Crippen LogP contribution < -0.4 is 0 Å². The zero-order valence-electron chi connectivity index (χ0n) is 15.8. The molecule has 3 aromatic rings. The van der Waals surface area contributed by atoms with Gasteiger partial charge < -0.3 is 0 Å². The molecule has 0 aliphatic heterocycles. The maximum absolute atomic E-state index is 12.3. The second-order valence-electron chi connectivity index (χ2n) is 8.02. The summed E-state index contributed by atoms with van der Waals surface area (Å²) in [7, 11) is -3.70. The Balaban J connectivity index is 1.25. The standard InChI is InChI=1S/C21H23N3O3S/c1-14-4-8-18(9-5-14)28(25,26)27-13-15-11-17(12-15)24-21-19(3-2-10-22-21)20(23-24)16-6-7-16/h2-5,8-10,15-17H,6-7,11-13H2,1H3. The Kier molecular flexibility index (Phi) is 4.25. The summed E-state index contributed by atoms with van der Waals surface area (Å²) in [4.78, 5) is 4.76. The van der Waals surface area contributed by atoms with Crippen molar-refractivity contribution in [1.82, 2.24) is 14.8 Å². The molecule has 28 heavy (non-hydrogen) atoms. The molecule has 2 heterocycles. The molecule has 0 atom stereocenters. The number of nitrogens with zero attached hydrogens (tertiary/aromatic N) is 3. The van der Waals surface area contributed by atoms with Gasteiger partial charge in [0.2, 0.25) is 0 Å². The molecule has 2 aliphatic rings. The van der Waals surface area contributed by atoms with Crippen molar-refractivity contribution >= 4 is 21.2 Å². The van der Waals surface area contributed by atoms with Crippen LogP contribution in [0, 0.1) is 12.8 Å². The average Bonchev–Trinajstić information content (AvgIpc) is 3.43. The highest BCUT2D eigenvalue weighted by Gasteiger charge is 2.36. The number of aromatic nitrogens is 3. The lowest BCUT2D eigenvalue weighted by Gasteiger charge is -2.35. The minimum Gasteiger partial charge on any atom is -0.266 e. The first-order valence-corrected chi connectivity index (χ1v) is 11.2. The van der Waals surface area contributed by atoms with Crippen molar-refractivity contribution in [3.05, 3.63) is 53.9 Å². The van der Waals surface area contributed by atoms with Gasteiger partial charge in [-0.1, -0.05) is 17.7 Å². The molecular formula is C21H23N3O3S. The van der Waals surface area contributed by atoms with E-state index in [1.165, 1.54) is 18.5 Å². The third-order valence-electron chi connectivity index (χ3n) is 5.78. The molecule has 0 spiro atoms. The summed E-state index contributed by atoms with van der Waals surface area (Å²) in [5.41, 5.74) is 3.14. The van der Waals surface area contributed by atoms with Crippen molar-refractivity contribution in [1.29, 1.82) is 0 Å². The van der Waals surface area contributed by atoms with Gasteiger partial charge in [0.05, 0.1) is 23.2 Å². The van der Waals surface area contributed by atoms with Crippen LogP contribution in [0.1, 0.15) is 48.9 Å². The number of hydrogen-bond acceptors (Lipinski definition) is 5. The minimum absolute atomic E-state index is 0.213. The van der Waals surface area contributed by atoms with Crippen LogP contribution in [0.25, 0.3) is 11.0 Å². The number of fused-ring (bicyclic) bond motifs is 1. The van der Waals surface area contributed by atoms with Crippen LogP contribution in [0.5, 0.6) is 0 Å². The zero-order chi connectivity index (χ0) is 19.3. The number of pyridine rings is 1. The quantitative estimate of drug-likeness (QED) is 0.588. The average molecular weight is 398 g/mol. The van der Waals surface area contributed by atoms with E-state index in [0.29, 0.717) is 5.92 Å². The first kappa shape index (κ1) is 17.8. The second kappa shape index (κ2) is 6.67. The smallest absolute Gasteiger partial charge is 0.266 e. The topological polar surface area (TPSA) is 74.1 Å². The molecule has 0 saturated heterocycles. The van der Waals surface area contributed by atoms with E-state index >= 15 is 0 Å². The monoisotopic (exact) mass is 397 g/mol. The molecule has 7 heteroatoms. The third-order valence-corrected chi connectivity index (χ3v) is 7.08. The number of hydrogen-bond donors (Lipinski definition) is 0. The van der Waals surface area contributed by atoms with Crippen LogP contribution >= 0.6 is 0 Å². The Hall–Kier alpha value is -2.25. The summed E-state index contributed by atoms with van der Waals surface area (Å²) >= 11 is 0. The van der Waals surface area contributed by atoms with E-state index in [2.05, 4.69) is 11.1 Å². The summed E-state index contributed by atoms with van der Waals surface area (Å²) in [6.45, 7) is 2.14. The van der Waals surface area contributed by atoms with Gasteiger partial charge in [-0.3, -0.25) is 4.18 Å². The minimum atomic E-state index is -3.70. The summed E-state index contributed by atoms with van der Waals surface area (Å²) in [5.74, 6) is 0.796. The predicted octanol–water partition coefficient (Wildman–Crippen LogP) is 3.97. The number of benzene rings is 1. The van der Waals surface area contributed by atoms with E-state index in [4.69, 9.17) is 9.28 Å². The first-order valence-electron chi connectivity index (χ1n) is 9.80. The second-order valence-corrected chi connectivity index (χ2v) is 9.64. The maximum Gasteiger partial charge on any atom is 0.296 e. The Morgan fingerprint density at radius 2 is 1.89 bits per heavy atom. The Morgan fingerprint density at radius 1 is 1.14 bits per heavy atom. The third kappa shape index (κ3) is 3.22. The molecule has 2 aromatic heterocycles. The van der Waals surface area contributed by atoms with Gasteiger partial charge in [-0.2, -0.15) is 13.5 Å². The normalized spacial score (nSPS) is 22.3. The molecule has 2 fully saturated rings. The van der Waals surface area contributed by atoms with E-state index in [1.807, 2.05) is 23.9 Å². The summed E-state index contributed by atoms with van der Waals surface area (Å²) < 4.78 is 32.1. The molecule has 0 amide bonds.